The van der Waals surface area contributed by atoms with Crippen molar-refractivity contribution in [2.75, 3.05) is 13.1 Å². The van der Waals surface area contributed by atoms with Crippen molar-refractivity contribution < 1.29 is 4.79 Å². The summed E-state index contributed by atoms with van der Waals surface area (Å²) in [7, 11) is 1.84. The van der Waals surface area contributed by atoms with Gasteiger partial charge in [-0.2, -0.15) is 5.10 Å². The van der Waals surface area contributed by atoms with Gasteiger partial charge in [0, 0.05) is 51.1 Å². The molecule has 1 saturated heterocycles. The Morgan fingerprint density at radius 2 is 1.93 bits per heavy atom. The lowest BCUT2D eigenvalue weighted by Crippen LogP contribution is -2.40. The van der Waals surface area contributed by atoms with E-state index in [1.165, 1.54) is 0 Å². The van der Waals surface area contributed by atoms with E-state index in [2.05, 4.69) is 27.8 Å². The van der Waals surface area contributed by atoms with Crippen LogP contribution in [0.2, 0.25) is 0 Å². The van der Waals surface area contributed by atoms with Crippen LogP contribution in [0.4, 0.5) is 0 Å². The number of rotatable bonds is 5. The maximum atomic E-state index is 13.0. The zero-order valence-corrected chi connectivity index (χ0v) is 16.6. The number of aromatic nitrogens is 4. The highest BCUT2D eigenvalue weighted by atomic mass is 16.2. The number of piperidine rings is 1. The van der Waals surface area contributed by atoms with Gasteiger partial charge in [-0.1, -0.05) is 37.3 Å². The number of carbonyl (C=O) groups is 1. The van der Waals surface area contributed by atoms with Crippen LogP contribution in [0, 0.1) is 5.92 Å². The lowest BCUT2D eigenvalue weighted by Gasteiger charge is -2.32. The van der Waals surface area contributed by atoms with Gasteiger partial charge in [0.1, 0.15) is 11.5 Å². The van der Waals surface area contributed by atoms with Crippen LogP contribution in [0.15, 0.2) is 48.8 Å². The first-order valence-electron chi connectivity index (χ1n) is 10.0. The highest BCUT2D eigenvalue weighted by molar-refractivity contribution is 5.93. The molecule has 1 fully saturated rings. The van der Waals surface area contributed by atoms with Gasteiger partial charge in [0.2, 0.25) is 0 Å². The number of hydrogen-bond acceptors (Lipinski definition) is 3. The number of hydrogen-bond donors (Lipinski definition) is 0. The summed E-state index contributed by atoms with van der Waals surface area (Å²) >= 11 is 0. The molecule has 146 valence electrons. The number of aryl methyl sites for hydroxylation is 2. The van der Waals surface area contributed by atoms with E-state index in [1.54, 1.807) is 4.68 Å². The average molecular weight is 377 g/mol. The van der Waals surface area contributed by atoms with Gasteiger partial charge >= 0.3 is 0 Å². The molecule has 1 aliphatic heterocycles. The molecule has 1 aromatic carbocycles. The smallest absolute Gasteiger partial charge is 0.272 e. The molecule has 3 heterocycles. The Morgan fingerprint density at radius 1 is 1.18 bits per heavy atom. The predicted octanol–water partition coefficient (Wildman–Crippen LogP) is 3.40. The standard InChI is InChI=1S/C22H27N5O/c1-3-21-23-11-14-27(21)16-17-9-12-26(13-10-17)22(28)20-15-19(24-25(20)2)18-7-5-4-6-8-18/h4-8,11,14-15,17H,3,9-10,12-13,16H2,1-2H3. The second kappa shape index (κ2) is 8.00. The van der Waals surface area contributed by atoms with Crippen molar-refractivity contribution in [2.45, 2.75) is 32.7 Å². The molecule has 0 atom stereocenters. The van der Waals surface area contributed by atoms with E-state index in [0.29, 0.717) is 11.6 Å². The van der Waals surface area contributed by atoms with Crippen LogP contribution in [0.5, 0.6) is 0 Å². The summed E-state index contributed by atoms with van der Waals surface area (Å²) in [6, 6.07) is 11.9. The zero-order chi connectivity index (χ0) is 19.5. The van der Waals surface area contributed by atoms with Crippen molar-refractivity contribution in [1.29, 1.82) is 0 Å². The van der Waals surface area contributed by atoms with Crippen LogP contribution in [0.1, 0.15) is 36.1 Å². The molecule has 28 heavy (non-hydrogen) atoms. The van der Waals surface area contributed by atoms with Crippen molar-refractivity contribution in [2.24, 2.45) is 13.0 Å². The van der Waals surface area contributed by atoms with Gasteiger partial charge in [-0.15, -0.1) is 0 Å². The van der Waals surface area contributed by atoms with Crippen LogP contribution in [0.25, 0.3) is 11.3 Å². The zero-order valence-electron chi connectivity index (χ0n) is 16.6. The fraction of sp³-hybridized carbons (Fsp3) is 0.409. The Morgan fingerprint density at radius 3 is 2.64 bits per heavy atom. The molecule has 0 radical (unpaired) electrons. The monoisotopic (exact) mass is 377 g/mol. The van der Waals surface area contributed by atoms with Crippen molar-refractivity contribution in [3.63, 3.8) is 0 Å². The third-order valence-electron chi connectivity index (χ3n) is 5.64. The Hall–Kier alpha value is -2.89. The van der Waals surface area contributed by atoms with Crippen LogP contribution in [0.3, 0.4) is 0 Å². The van der Waals surface area contributed by atoms with Gasteiger partial charge in [-0.3, -0.25) is 9.48 Å². The minimum Gasteiger partial charge on any atom is -0.337 e. The maximum absolute atomic E-state index is 13.0. The van der Waals surface area contributed by atoms with Gasteiger partial charge in [0.05, 0.1) is 5.69 Å². The van der Waals surface area contributed by atoms with Crippen molar-refractivity contribution in [3.05, 3.63) is 60.3 Å². The third-order valence-corrected chi connectivity index (χ3v) is 5.64. The Balaban J connectivity index is 1.40. The van der Waals surface area contributed by atoms with Gasteiger partial charge in [0.25, 0.3) is 5.91 Å². The first-order chi connectivity index (χ1) is 13.7. The van der Waals surface area contributed by atoms with Gasteiger partial charge < -0.3 is 9.47 Å². The molecule has 0 bridgehead atoms. The number of carbonyl (C=O) groups excluding carboxylic acids is 1. The van der Waals surface area contributed by atoms with E-state index < -0.39 is 0 Å². The number of likely N-dealkylation sites (tertiary alicyclic amines) is 1. The first-order valence-corrected chi connectivity index (χ1v) is 10.0. The van der Waals surface area contributed by atoms with E-state index in [-0.39, 0.29) is 5.91 Å². The topological polar surface area (TPSA) is 56.0 Å². The maximum Gasteiger partial charge on any atom is 0.272 e. The number of benzene rings is 1. The van der Waals surface area contributed by atoms with E-state index in [0.717, 1.165) is 56.0 Å². The van der Waals surface area contributed by atoms with E-state index in [9.17, 15) is 4.79 Å². The Bertz CT molecular complexity index is 935. The lowest BCUT2D eigenvalue weighted by molar-refractivity contribution is 0.0671. The summed E-state index contributed by atoms with van der Waals surface area (Å²) in [5, 5.41) is 4.54. The summed E-state index contributed by atoms with van der Waals surface area (Å²) in [6.45, 7) is 4.73. The molecular formula is C22H27N5O. The van der Waals surface area contributed by atoms with E-state index in [4.69, 9.17) is 0 Å². The fourth-order valence-electron chi connectivity index (χ4n) is 4.00. The molecule has 0 spiro atoms. The summed E-state index contributed by atoms with van der Waals surface area (Å²) in [4.78, 5) is 19.4. The van der Waals surface area contributed by atoms with Gasteiger partial charge in [0.15, 0.2) is 0 Å². The second-order valence-electron chi connectivity index (χ2n) is 7.49. The fourth-order valence-corrected chi connectivity index (χ4v) is 4.00. The van der Waals surface area contributed by atoms with Crippen LogP contribution in [-0.4, -0.2) is 43.2 Å². The number of amides is 1. The third kappa shape index (κ3) is 3.72. The second-order valence-corrected chi connectivity index (χ2v) is 7.49. The normalized spacial score (nSPS) is 15.1. The lowest BCUT2D eigenvalue weighted by atomic mass is 9.96. The highest BCUT2D eigenvalue weighted by Gasteiger charge is 2.26. The van der Waals surface area contributed by atoms with Gasteiger partial charge in [-0.25, -0.2) is 4.98 Å². The van der Waals surface area contributed by atoms with E-state index >= 15 is 0 Å². The molecule has 1 aliphatic rings. The summed E-state index contributed by atoms with van der Waals surface area (Å²) in [5.74, 6) is 1.81. The minimum atomic E-state index is 0.0764. The molecule has 6 nitrogen and oxygen atoms in total. The van der Waals surface area contributed by atoms with E-state index in [1.807, 2.05) is 54.5 Å². The first kappa shape index (κ1) is 18.5. The number of imidazole rings is 1. The van der Waals surface area contributed by atoms with Crippen LogP contribution >= 0.6 is 0 Å². The number of nitrogens with zero attached hydrogens (tertiary/aromatic N) is 5. The molecule has 4 rings (SSSR count). The molecule has 0 aliphatic carbocycles. The molecular weight excluding hydrogens is 350 g/mol. The largest absolute Gasteiger partial charge is 0.337 e. The molecule has 2 aromatic heterocycles. The molecule has 6 heteroatoms. The predicted molar refractivity (Wildman–Crippen MR) is 109 cm³/mol. The Labute approximate surface area is 165 Å². The Kier molecular flexibility index (Phi) is 5.28. The molecule has 1 amide bonds. The molecule has 0 N–H and O–H groups in total. The molecule has 0 saturated carbocycles. The van der Waals surface area contributed by atoms with Crippen molar-refractivity contribution >= 4 is 5.91 Å². The quantitative estimate of drug-likeness (QED) is 0.685. The van der Waals surface area contributed by atoms with Crippen molar-refractivity contribution in [1.82, 2.24) is 24.2 Å². The molecule has 3 aromatic rings. The van der Waals surface area contributed by atoms with Crippen LogP contribution in [-0.2, 0) is 20.0 Å². The van der Waals surface area contributed by atoms with Crippen LogP contribution < -0.4 is 0 Å². The molecule has 0 unspecified atom stereocenters. The van der Waals surface area contributed by atoms with Crippen molar-refractivity contribution in [3.8, 4) is 11.3 Å². The summed E-state index contributed by atoms with van der Waals surface area (Å²) < 4.78 is 3.96. The van der Waals surface area contributed by atoms with Gasteiger partial charge in [-0.05, 0) is 24.8 Å². The summed E-state index contributed by atoms with van der Waals surface area (Å²) in [5.41, 5.74) is 2.52. The average Bonchev–Trinajstić information content (AvgIpc) is 3.35. The highest BCUT2D eigenvalue weighted by Crippen LogP contribution is 2.23. The summed E-state index contributed by atoms with van der Waals surface area (Å²) in [6.07, 6.45) is 6.95. The SMILES string of the molecule is CCc1nccn1CC1CCN(C(=O)c2cc(-c3ccccc3)nn2C)CC1. The minimum absolute atomic E-state index is 0.0764.